The topological polar surface area (TPSA) is 59.4 Å². The first-order valence-electron chi connectivity index (χ1n) is 8.76. The fraction of sp³-hybridized carbons (Fsp3) is 0.765. The molecule has 0 aromatic carbocycles. The number of carbonyl (C=O) groups excluding carboxylic acids is 1. The van der Waals surface area contributed by atoms with Crippen molar-refractivity contribution in [3.05, 3.63) is 12.4 Å². The number of hydrogen-bond donors (Lipinski definition) is 1. The van der Waals surface area contributed by atoms with Crippen LogP contribution in [-0.2, 0) is 16.1 Å². The highest BCUT2D eigenvalue weighted by Gasteiger charge is 2.25. The third-order valence-corrected chi connectivity index (χ3v) is 5.08. The lowest BCUT2D eigenvalue weighted by Crippen LogP contribution is -2.42. The monoisotopic (exact) mass is 320 g/mol. The minimum absolute atomic E-state index is 0.114. The summed E-state index contributed by atoms with van der Waals surface area (Å²) in [6.45, 7) is 7.60. The molecule has 1 amide bonds. The highest BCUT2D eigenvalue weighted by atomic mass is 16.5. The van der Waals surface area contributed by atoms with E-state index in [4.69, 9.17) is 4.74 Å². The standard InChI is InChI=1S/C17H28N4O2/c1-13-3-4-16(14(2)9-13)19-15-10-18-21(11-15)12-17(22)20-5-7-23-8-6-20/h10-11,13-14,16,19H,3-9,12H2,1-2H3/t13-,14+,16-/m1/s1. The van der Waals surface area contributed by atoms with Crippen molar-refractivity contribution in [1.82, 2.24) is 14.7 Å². The van der Waals surface area contributed by atoms with Crippen LogP contribution < -0.4 is 5.32 Å². The third kappa shape index (κ3) is 4.25. The molecule has 2 aliphatic rings. The molecule has 1 saturated carbocycles. The number of aromatic nitrogens is 2. The Morgan fingerprint density at radius 1 is 1.35 bits per heavy atom. The molecule has 1 aliphatic heterocycles. The summed E-state index contributed by atoms with van der Waals surface area (Å²) in [4.78, 5) is 14.1. The van der Waals surface area contributed by atoms with Crippen molar-refractivity contribution in [2.75, 3.05) is 31.6 Å². The van der Waals surface area contributed by atoms with E-state index in [1.807, 2.05) is 17.3 Å². The molecule has 1 aliphatic carbocycles. The van der Waals surface area contributed by atoms with Gasteiger partial charge in [-0.05, 0) is 31.1 Å². The maximum Gasteiger partial charge on any atom is 0.244 e. The van der Waals surface area contributed by atoms with Crippen LogP contribution in [-0.4, -0.2) is 52.9 Å². The number of ether oxygens (including phenoxy) is 1. The van der Waals surface area contributed by atoms with Crippen molar-refractivity contribution < 1.29 is 9.53 Å². The second-order valence-corrected chi connectivity index (χ2v) is 7.07. The van der Waals surface area contributed by atoms with E-state index >= 15 is 0 Å². The summed E-state index contributed by atoms with van der Waals surface area (Å²) in [5, 5.41) is 7.93. The Morgan fingerprint density at radius 2 is 2.13 bits per heavy atom. The lowest BCUT2D eigenvalue weighted by molar-refractivity contribution is -0.136. The van der Waals surface area contributed by atoms with Gasteiger partial charge in [0.05, 0.1) is 25.1 Å². The van der Waals surface area contributed by atoms with Crippen LogP contribution in [0.3, 0.4) is 0 Å². The molecule has 2 fully saturated rings. The molecule has 3 rings (SSSR count). The minimum Gasteiger partial charge on any atom is -0.380 e. The zero-order valence-electron chi connectivity index (χ0n) is 14.2. The van der Waals surface area contributed by atoms with E-state index in [-0.39, 0.29) is 5.91 Å². The SMILES string of the molecule is C[C@@H]1CC[C@@H](Nc2cnn(CC(=O)N3CCOCC3)c2)[C@@H](C)C1. The third-order valence-electron chi connectivity index (χ3n) is 5.08. The Morgan fingerprint density at radius 3 is 2.87 bits per heavy atom. The average Bonchev–Trinajstić information content (AvgIpc) is 2.98. The number of morpholine rings is 1. The van der Waals surface area contributed by atoms with Gasteiger partial charge < -0.3 is 15.0 Å². The van der Waals surface area contributed by atoms with Crippen LogP contribution in [0.5, 0.6) is 0 Å². The lowest BCUT2D eigenvalue weighted by Gasteiger charge is -2.33. The highest BCUT2D eigenvalue weighted by molar-refractivity contribution is 5.76. The summed E-state index contributed by atoms with van der Waals surface area (Å²) in [5.41, 5.74) is 1.02. The Hall–Kier alpha value is -1.56. The second kappa shape index (κ2) is 7.34. The molecule has 2 heterocycles. The smallest absolute Gasteiger partial charge is 0.244 e. The number of hydrogen-bond acceptors (Lipinski definition) is 4. The molecule has 3 atom stereocenters. The van der Waals surface area contributed by atoms with E-state index < -0.39 is 0 Å². The van der Waals surface area contributed by atoms with Crippen LogP contribution in [0, 0.1) is 11.8 Å². The largest absolute Gasteiger partial charge is 0.380 e. The Kier molecular flexibility index (Phi) is 5.20. The van der Waals surface area contributed by atoms with Gasteiger partial charge in [-0.1, -0.05) is 13.8 Å². The molecule has 0 unspecified atom stereocenters. The van der Waals surface area contributed by atoms with Crippen molar-refractivity contribution in [2.45, 2.75) is 45.7 Å². The zero-order valence-corrected chi connectivity index (χ0v) is 14.2. The van der Waals surface area contributed by atoms with Gasteiger partial charge in [0, 0.05) is 25.3 Å². The van der Waals surface area contributed by atoms with Crippen molar-refractivity contribution in [2.24, 2.45) is 11.8 Å². The maximum atomic E-state index is 12.2. The first-order chi connectivity index (χ1) is 11.1. The van der Waals surface area contributed by atoms with Crippen LogP contribution in [0.25, 0.3) is 0 Å². The van der Waals surface area contributed by atoms with E-state index in [2.05, 4.69) is 24.3 Å². The van der Waals surface area contributed by atoms with Crippen LogP contribution in [0.4, 0.5) is 5.69 Å². The van der Waals surface area contributed by atoms with Gasteiger partial charge in [0.25, 0.3) is 0 Å². The van der Waals surface area contributed by atoms with Crippen molar-refractivity contribution in [3.63, 3.8) is 0 Å². The molecule has 1 aromatic rings. The molecular weight excluding hydrogens is 292 g/mol. The Bertz CT molecular complexity index is 524. The fourth-order valence-corrected chi connectivity index (χ4v) is 3.67. The second-order valence-electron chi connectivity index (χ2n) is 7.07. The van der Waals surface area contributed by atoms with Crippen LogP contribution in [0.15, 0.2) is 12.4 Å². The van der Waals surface area contributed by atoms with E-state index in [0.717, 1.165) is 11.6 Å². The van der Waals surface area contributed by atoms with E-state index in [9.17, 15) is 4.79 Å². The first-order valence-corrected chi connectivity index (χ1v) is 8.76. The highest BCUT2D eigenvalue weighted by Crippen LogP contribution is 2.30. The summed E-state index contributed by atoms with van der Waals surface area (Å²) >= 11 is 0. The normalized spacial score (nSPS) is 28.6. The van der Waals surface area contributed by atoms with Gasteiger partial charge in [-0.3, -0.25) is 9.48 Å². The molecule has 0 radical (unpaired) electrons. The molecular formula is C17H28N4O2. The first kappa shape index (κ1) is 16.3. The summed E-state index contributed by atoms with van der Waals surface area (Å²) in [5.74, 6) is 1.62. The van der Waals surface area contributed by atoms with E-state index in [0.29, 0.717) is 44.8 Å². The number of nitrogens with zero attached hydrogens (tertiary/aromatic N) is 3. The van der Waals surface area contributed by atoms with Crippen molar-refractivity contribution >= 4 is 11.6 Å². The number of carbonyl (C=O) groups is 1. The van der Waals surface area contributed by atoms with Gasteiger partial charge in [-0.25, -0.2) is 0 Å². The van der Waals surface area contributed by atoms with Gasteiger partial charge in [0.1, 0.15) is 6.54 Å². The molecule has 0 spiro atoms. The van der Waals surface area contributed by atoms with Crippen molar-refractivity contribution in [3.8, 4) is 0 Å². The summed E-state index contributed by atoms with van der Waals surface area (Å²) in [6, 6.07) is 0.513. The van der Waals surface area contributed by atoms with Gasteiger partial charge >= 0.3 is 0 Å². The molecule has 128 valence electrons. The Balaban J connectivity index is 1.52. The maximum absolute atomic E-state index is 12.2. The van der Waals surface area contributed by atoms with Crippen molar-refractivity contribution in [1.29, 1.82) is 0 Å². The predicted octanol–water partition coefficient (Wildman–Crippen LogP) is 1.98. The molecule has 1 aromatic heterocycles. The molecule has 0 bridgehead atoms. The molecule has 1 N–H and O–H groups in total. The summed E-state index contributed by atoms with van der Waals surface area (Å²) in [6.07, 6.45) is 7.55. The van der Waals surface area contributed by atoms with Gasteiger partial charge in [0.15, 0.2) is 0 Å². The predicted molar refractivity (Wildman–Crippen MR) is 89.2 cm³/mol. The molecule has 6 nitrogen and oxygen atoms in total. The number of nitrogens with one attached hydrogen (secondary N) is 1. The molecule has 6 heteroatoms. The zero-order chi connectivity index (χ0) is 16.2. The number of anilines is 1. The average molecular weight is 320 g/mol. The van der Waals surface area contributed by atoms with E-state index in [1.54, 1.807) is 4.68 Å². The van der Waals surface area contributed by atoms with Crippen LogP contribution >= 0.6 is 0 Å². The van der Waals surface area contributed by atoms with Gasteiger partial charge in [-0.2, -0.15) is 5.10 Å². The lowest BCUT2D eigenvalue weighted by atomic mass is 9.80. The number of amides is 1. The molecule has 23 heavy (non-hydrogen) atoms. The number of rotatable bonds is 4. The van der Waals surface area contributed by atoms with Gasteiger partial charge in [0.2, 0.25) is 5.91 Å². The fourth-order valence-electron chi connectivity index (χ4n) is 3.67. The van der Waals surface area contributed by atoms with Crippen LogP contribution in [0.2, 0.25) is 0 Å². The quantitative estimate of drug-likeness (QED) is 0.921. The van der Waals surface area contributed by atoms with E-state index in [1.165, 1.54) is 19.3 Å². The van der Waals surface area contributed by atoms with Crippen LogP contribution in [0.1, 0.15) is 33.1 Å². The molecule has 1 saturated heterocycles. The summed E-state index contributed by atoms with van der Waals surface area (Å²) in [7, 11) is 0. The summed E-state index contributed by atoms with van der Waals surface area (Å²) < 4.78 is 7.01. The Labute approximate surface area is 138 Å². The van der Waals surface area contributed by atoms with Gasteiger partial charge in [-0.15, -0.1) is 0 Å². The minimum atomic E-state index is 0.114.